The van der Waals surface area contributed by atoms with Gasteiger partial charge in [0.15, 0.2) is 0 Å². The maximum Gasteiger partial charge on any atom is 0.149 e. The van der Waals surface area contributed by atoms with Crippen molar-refractivity contribution in [3.05, 3.63) is 46.5 Å². The van der Waals surface area contributed by atoms with Gasteiger partial charge in [-0.15, -0.1) is 0 Å². The number of nitrogens with zero attached hydrogens (tertiary/aromatic N) is 2. The molecule has 1 aromatic heterocycles. The third-order valence-corrected chi connectivity index (χ3v) is 3.93. The van der Waals surface area contributed by atoms with Crippen LogP contribution in [0.15, 0.2) is 18.2 Å². The van der Waals surface area contributed by atoms with Gasteiger partial charge in [0.2, 0.25) is 0 Å². The number of hydrogen-bond donors (Lipinski definition) is 1. The molecule has 0 aliphatic carbocycles. The molecule has 1 unspecified atom stereocenters. The molecule has 1 heterocycles. The Morgan fingerprint density at radius 3 is 2.55 bits per heavy atom. The lowest BCUT2D eigenvalue weighted by Crippen LogP contribution is -2.13. The second kappa shape index (κ2) is 5.75. The second-order valence-corrected chi connectivity index (χ2v) is 5.14. The van der Waals surface area contributed by atoms with E-state index in [4.69, 9.17) is 0 Å². The molecular formula is C16H22FN3. The molecular weight excluding hydrogens is 253 g/mol. The summed E-state index contributed by atoms with van der Waals surface area (Å²) in [5.74, 6) is -0.238. The first kappa shape index (κ1) is 14.7. The number of halogens is 1. The fraction of sp³-hybridized carbons (Fsp3) is 0.438. The molecule has 0 radical (unpaired) electrons. The molecule has 2 rings (SSSR count). The van der Waals surface area contributed by atoms with Gasteiger partial charge in [-0.1, -0.05) is 13.0 Å². The van der Waals surface area contributed by atoms with Crippen LogP contribution in [0.3, 0.4) is 0 Å². The molecule has 0 fully saturated rings. The minimum absolute atomic E-state index is 0.130. The van der Waals surface area contributed by atoms with Crippen LogP contribution in [-0.2, 0) is 6.42 Å². The van der Waals surface area contributed by atoms with Crippen molar-refractivity contribution in [1.82, 2.24) is 15.1 Å². The molecule has 20 heavy (non-hydrogen) atoms. The van der Waals surface area contributed by atoms with Crippen LogP contribution in [0.1, 0.15) is 42.4 Å². The first-order valence-corrected chi connectivity index (χ1v) is 7.01. The van der Waals surface area contributed by atoms with E-state index in [9.17, 15) is 4.39 Å². The van der Waals surface area contributed by atoms with E-state index in [1.165, 1.54) is 5.56 Å². The Bertz CT molecular complexity index is 616. The molecule has 2 aromatic rings. The van der Waals surface area contributed by atoms with E-state index in [1.807, 2.05) is 33.9 Å². The molecule has 0 saturated carbocycles. The van der Waals surface area contributed by atoms with Crippen LogP contribution in [0.2, 0.25) is 0 Å². The molecule has 0 bridgehead atoms. The van der Waals surface area contributed by atoms with Gasteiger partial charge in [0.1, 0.15) is 11.5 Å². The Morgan fingerprint density at radius 1 is 1.35 bits per heavy atom. The normalized spacial score (nSPS) is 12.7. The van der Waals surface area contributed by atoms with E-state index in [2.05, 4.69) is 17.3 Å². The van der Waals surface area contributed by atoms with E-state index in [1.54, 1.807) is 16.8 Å². The van der Waals surface area contributed by atoms with Crippen molar-refractivity contribution in [2.75, 3.05) is 7.05 Å². The van der Waals surface area contributed by atoms with Gasteiger partial charge in [-0.3, -0.25) is 0 Å². The maximum atomic E-state index is 14.4. The highest BCUT2D eigenvalue weighted by Crippen LogP contribution is 2.23. The number of hydrogen-bond acceptors (Lipinski definition) is 2. The standard InChI is InChI=1S/C16H22FN3/c1-6-14-11(3)19-20(12(14)4)16-8-7-13(9-15(16)17)10(2)18-5/h7-10,18H,6H2,1-5H3. The van der Waals surface area contributed by atoms with Gasteiger partial charge in [0.25, 0.3) is 0 Å². The smallest absolute Gasteiger partial charge is 0.149 e. The summed E-state index contributed by atoms with van der Waals surface area (Å²) in [6.07, 6.45) is 0.911. The third-order valence-electron chi connectivity index (χ3n) is 3.93. The largest absolute Gasteiger partial charge is 0.313 e. The van der Waals surface area contributed by atoms with Gasteiger partial charge in [-0.25, -0.2) is 9.07 Å². The number of nitrogens with one attached hydrogen (secondary N) is 1. The number of aromatic nitrogens is 2. The molecule has 0 aliphatic heterocycles. The maximum absolute atomic E-state index is 14.4. The average Bonchev–Trinajstić information content (AvgIpc) is 2.72. The molecule has 108 valence electrons. The molecule has 0 aliphatic rings. The van der Waals surface area contributed by atoms with Crippen molar-refractivity contribution in [3.63, 3.8) is 0 Å². The highest BCUT2D eigenvalue weighted by atomic mass is 19.1. The van der Waals surface area contributed by atoms with E-state index in [0.717, 1.165) is 23.4 Å². The molecule has 0 amide bonds. The molecule has 0 spiro atoms. The molecule has 4 heteroatoms. The van der Waals surface area contributed by atoms with Gasteiger partial charge in [-0.2, -0.15) is 5.10 Å². The van der Waals surface area contributed by atoms with Crippen LogP contribution in [0, 0.1) is 19.7 Å². The fourth-order valence-corrected chi connectivity index (χ4v) is 2.55. The summed E-state index contributed by atoms with van der Waals surface area (Å²) in [6, 6.07) is 5.46. The molecule has 1 aromatic carbocycles. The minimum atomic E-state index is -0.238. The fourth-order valence-electron chi connectivity index (χ4n) is 2.55. The van der Waals surface area contributed by atoms with Crippen molar-refractivity contribution < 1.29 is 4.39 Å². The van der Waals surface area contributed by atoms with Crippen LogP contribution >= 0.6 is 0 Å². The van der Waals surface area contributed by atoms with E-state index in [0.29, 0.717) is 5.69 Å². The van der Waals surface area contributed by atoms with Crippen molar-refractivity contribution in [1.29, 1.82) is 0 Å². The summed E-state index contributed by atoms with van der Waals surface area (Å²) in [5, 5.41) is 7.58. The molecule has 1 atom stereocenters. The zero-order chi connectivity index (χ0) is 14.9. The summed E-state index contributed by atoms with van der Waals surface area (Å²) in [7, 11) is 1.87. The Kier molecular flexibility index (Phi) is 4.23. The first-order valence-electron chi connectivity index (χ1n) is 7.01. The lowest BCUT2D eigenvalue weighted by molar-refractivity contribution is 0.593. The Hall–Kier alpha value is -1.68. The summed E-state index contributed by atoms with van der Waals surface area (Å²) in [5.41, 5.74) is 4.62. The molecule has 0 saturated heterocycles. The summed E-state index contributed by atoms with van der Waals surface area (Å²) in [4.78, 5) is 0. The summed E-state index contributed by atoms with van der Waals surface area (Å²) < 4.78 is 16.1. The summed E-state index contributed by atoms with van der Waals surface area (Å²) in [6.45, 7) is 8.06. The second-order valence-electron chi connectivity index (χ2n) is 5.14. The average molecular weight is 275 g/mol. The number of rotatable bonds is 4. The van der Waals surface area contributed by atoms with Crippen LogP contribution < -0.4 is 5.32 Å². The van der Waals surface area contributed by atoms with E-state index < -0.39 is 0 Å². The zero-order valence-corrected chi connectivity index (χ0v) is 12.8. The number of aryl methyl sites for hydroxylation is 1. The monoisotopic (exact) mass is 275 g/mol. The third kappa shape index (κ3) is 2.48. The zero-order valence-electron chi connectivity index (χ0n) is 12.8. The quantitative estimate of drug-likeness (QED) is 0.926. The van der Waals surface area contributed by atoms with Crippen molar-refractivity contribution in [2.24, 2.45) is 0 Å². The van der Waals surface area contributed by atoms with Crippen LogP contribution in [0.5, 0.6) is 0 Å². The number of benzene rings is 1. The van der Waals surface area contributed by atoms with Crippen molar-refractivity contribution >= 4 is 0 Å². The SMILES string of the molecule is CCc1c(C)nn(-c2ccc(C(C)NC)cc2F)c1C. The van der Waals surface area contributed by atoms with Gasteiger partial charge in [-0.05, 0) is 57.5 Å². The van der Waals surface area contributed by atoms with Gasteiger partial charge < -0.3 is 5.32 Å². The highest BCUT2D eigenvalue weighted by Gasteiger charge is 2.15. The van der Waals surface area contributed by atoms with Crippen molar-refractivity contribution in [2.45, 2.75) is 40.2 Å². The van der Waals surface area contributed by atoms with Crippen LogP contribution in [0.4, 0.5) is 4.39 Å². The van der Waals surface area contributed by atoms with Gasteiger partial charge in [0, 0.05) is 11.7 Å². The first-order chi connectivity index (χ1) is 9.49. The minimum Gasteiger partial charge on any atom is -0.313 e. The predicted octanol–water partition coefficient (Wildman–Crippen LogP) is 3.47. The van der Waals surface area contributed by atoms with Gasteiger partial charge >= 0.3 is 0 Å². The molecule has 1 N–H and O–H groups in total. The van der Waals surface area contributed by atoms with E-state index >= 15 is 0 Å². The highest BCUT2D eigenvalue weighted by molar-refractivity contribution is 5.40. The van der Waals surface area contributed by atoms with Gasteiger partial charge in [0.05, 0.1) is 5.69 Å². The molecule has 3 nitrogen and oxygen atoms in total. The summed E-state index contributed by atoms with van der Waals surface area (Å²) >= 11 is 0. The van der Waals surface area contributed by atoms with E-state index in [-0.39, 0.29) is 11.9 Å². The Morgan fingerprint density at radius 2 is 2.05 bits per heavy atom. The predicted molar refractivity (Wildman–Crippen MR) is 79.8 cm³/mol. The van der Waals surface area contributed by atoms with Crippen LogP contribution in [0.25, 0.3) is 5.69 Å². The van der Waals surface area contributed by atoms with Crippen molar-refractivity contribution in [3.8, 4) is 5.69 Å². The topological polar surface area (TPSA) is 29.9 Å². The lowest BCUT2D eigenvalue weighted by atomic mass is 10.1. The Labute approximate surface area is 119 Å². The lowest BCUT2D eigenvalue weighted by Gasteiger charge is -2.13. The van der Waals surface area contributed by atoms with Crippen LogP contribution in [-0.4, -0.2) is 16.8 Å². The Balaban J connectivity index is 2.49.